The molecule has 134 valence electrons. The van der Waals surface area contributed by atoms with Crippen LogP contribution in [-0.2, 0) is 14.8 Å². The smallest absolute Gasteiger partial charge is 0.424 e. The maximum absolute atomic E-state index is 12.8. The highest BCUT2D eigenvalue weighted by atomic mass is 32.2. The lowest BCUT2D eigenvalue weighted by atomic mass is 10.2. The van der Waals surface area contributed by atoms with E-state index in [1.807, 2.05) is 0 Å². The van der Waals surface area contributed by atoms with Crippen LogP contribution in [0.4, 0.5) is 10.5 Å². The van der Waals surface area contributed by atoms with Gasteiger partial charge in [-0.3, -0.25) is 10.1 Å². The van der Waals surface area contributed by atoms with Crippen molar-refractivity contribution >= 4 is 21.8 Å². The second-order valence-corrected chi connectivity index (χ2v) is 8.10. The molecule has 0 fully saturated rings. The van der Waals surface area contributed by atoms with Gasteiger partial charge in [0.25, 0.3) is 15.7 Å². The maximum atomic E-state index is 12.8. The van der Waals surface area contributed by atoms with Crippen molar-refractivity contribution < 1.29 is 22.9 Å². The Hall–Kier alpha value is -2.16. The summed E-state index contributed by atoms with van der Waals surface area (Å²) in [5.41, 5.74) is -1.09. The molecule has 9 heteroatoms. The third-order valence-electron chi connectivity index (χ3n) is 3.17. The fraction of sp³-hybridized carbons (Fsp3) is 0.533. The lowest BCUT2D eigenvalue weighted by Crippen LogP contribution is -2.45. The minimum absolute atomic E-state index is 0.209. The van der Waals surface area contributed by atoms with Crippen LogP contribution in [0.3, 0.4) is 0 Å². The number of hydrogen-bond donors (Lipinski definition) is 0. The van der Waals surface area contributed by atoms with Gasteiger partial charge in [-0.25, -0.2) is 13.2 Å². The van der Waals surface area contributed by atoms with Crippen molar-refractivity contribution in [2.24, 2.45) is 0 Å². The number of non-ortho nitro benzene ring substituents is 1. The Labute approximate surface area is 141 Å². The van der Waals surface area contributed by atoms with E-state index >= 15 is 0 Å². The molecule has 0 saturated heterocycles. The molecule has 0 aliphatic heterocycles. The molecule has 24 heavy (non-hydrogen) atoms. The largest absolute Gasteiger partial charge is 0.443 e. The minimum atomic E-state index is -4.19. The molecule has 0 bridgehead atoms. The van der Waals surface area contributed by atoms with Gasteiger partial charge in [-0.2, -0.15) is 4.31 Å². The summed E-state index contributed by atoms with van der Waals surface area (Å²) in [5.74, 6) is 0. The molecule has 1 amide bonds. The summed E-state index contributed by atoms with van der Waals surface area (Å²) in [7, 11) is -4.19. The highest BCUT2D eigenvalue weighted by molar-refractivity contribution is 7.89. The van der Waals surface area contributed by atoms with Crippen molar-refractivity contribution in [2.75, 3.05) is 0 Å². The Bertz CT molecular complexity index is 706. The van der Waals surface area contributed by atoms with E-state index < -0.39 is 32.7 Å². The first kappa shape index (κ1) is 19.9. The second-order valence-electron chi connectivity index (χ2n) is 6.29. The van der Waals surface area contributed by atoms with Crippen molar-refractivity contribution in [3.8, 4) is 0 Å². The first-order valence-corrected chi connectivity index (χ1v) is 8.86. The van der Waals surface area contributed by atoms with E-state index in [1.54, 1.807) is 34.6 Å². The minimum Gasteiger partial charge on any atom is -0.443 e. The van der Waals surface area contributed by atoms with Crippen LogP contribution in [0.25, 0.3) is 0 Å². The maximum Gasteiger partial charge on any atom is 0.424 e. The monoisotopic (exact) mass is 358 g/mol. The van der Waals surface area contributed by atoms with Crippen molar-refractivity contribution in [3.63, 3.8) is 0 Å². The molecular weight excluding hydrogens is 336 g/mol. The number of ether oxygens (including phenoxy) is 1. The zero-order valence-corrected chi connectivity index (χ0v) is 15.2. The fourth-order valence-electron chi connectivity index (χ4n) is 1.84. The Morgan fingerprint density at radius 3 is 2.17 bits per heavy atom. The van der Waals surface area contributed by atoms with Crippen LogP contribution in [0.1, 0.15) is 41.0 Å². The molecule has 0 N–H and O–H groups in total. The van der Waals surface area contributed by atoms with Gasteiger partial charge in [0.15, 0.2) is 0 Å². The molecule has 1 aromatic rings. The van der Waals surface area contributed by atoms with Gasteiger partial charge in [-0.1, -0.05) is 6.92 Å². The van der Waals surface area contributed by atoms with Gasteiger partial charge in [-0.15, -0.1) is 0 Å². The number of nitro groups is 1. The van der Waals surface area contributed by atoms with E-state index in [0.29, 0.717) is 10.7 Å². The van der Waals surface area contributed by atoms with Crippen LogP contribution in [0.15, 0.2) is 29.2 Å². The van der Waals surface area contributed by atoms with Gasteiger partial charge in [0, 0.05) is 18.2 Å². The summed E-state index contributed by atoms with van der Waals surface area (Å²) in [6, 6.07) is 3.74. The van der Waals surface area contributed by atoms with Crippen LogP contribution < -0.4 is 0 Å². The molecule has 8 nitrogen and oxygen atoms in total. The number of nitro benzene ring substituents is 1. The SMILES string of the molecule is CC[C@@H](C)N(C(=O)OC(C)(C)C)S(=O)(=O)c1ccc([N+](=O)[O-])cc1. The third kappa shape index (κ3) is 4.67. The van der Waals surface area contributed by atoms with Crippen LogP contribution >= 0.6 is 0 Å². The van der Waals surface area contributed by atoms with Crippen LogP contribution in [0.5, 0.6) is 0 Å². The lowest BCUT2D eigenvalue weighted by molar-refractivity contribution is -0.384. The van der Waals surface area contributed by atoms with Gasteiger partial charge < -0.3 is 4.74 Å². The first-order valence-electron chi connectivity index (χ1n) is 7.42. The molecule has 0 aliphatic carbocycles. The average Bonchev–Trinajstić information content (AvgIpc) is 2.45. The predicted molar refractivity (Wildman–Crippen MR) is 88.1 cm³/mol. The second kappa shape index (κ2) is 7.16. The number of amides is 1. The summed E-state index contributed by atoms with van der Waals surface area (Å²) in [6.07, 6.45) is -0.582. The summed E-state index contributed by atoms with van der Waals surface area (Å²) in [4.78, 5) is 22.2. The molecule has 0 aliphatic rings. The third-order valence-corrected chi connectivity index (χ3v) is 5.06. The van der Waals surface area contributed by atoms with Crippen molar-refractivity contribution in [1.29, 1.82) is 0 Å². The van der Waals surface area contributed by atoms with Crippen molar-refractivity contribution in [3.05, 3.63) is 34.4 Å². The van der Waals surface area contributed by atoms with Crippen molar-refractivity contribution in [2.45, 2.75) is 57.6 Å². The summed E-state index contributed by atoms with van der Waals surface area (Å²) >= 11 is 0. The number of sulfonamides is 1. The molecule has 0 spiro atoms. The summed E-state index contributed by atoms with van der Waals surface area (Å²) in [6.45, 7) is 8.24. The average molecular weight is 358 g/mol. The Morgan fingerprint density at radius 1 is 1.29 bits per heavy atom. The number of rotatable bonds is 5. The normalized spacial score (nSPS) is 13.2. The van der Waals surface area contributed by atoms with E-state index in [4.69, 9.17) is 4.74 Å². The Kier molecular flexibility index (Phi) is 5.94. The molecule has 1 rings (SSSR count). The van der Waals surface area contributed by atoms with E-state index in [0.717, 1.165) is 24.3 Å². The Balaban J connectivity index is 3.29. The van der Waals surface area contributed by atoms with Gasteiger partial charge >= 0.3 is 6.09 Å². The van der Waals surface area contributed by atoms with Crippen molar-refractivity contribution in [1.82, 2.24) is 4.31 Å². The number of benzene rings is 1. The highest BCUT2D eigenvalue weighted by Crippen LogP contribution is 2.24. The summed E-state index contributed by atoms with van der Waals surface area (Å²) < 4.78 is 31.5. The number of carbonyl (C=O) groups excluding carboxylic acids is 1. The van der Waals surface area contributed by atoms with E-state index in [9.17, 15) is 23.3 Å². The number of hydrogen-bond acceptors (Lipinski definition) is 6. The van der Waals surface area contributed by atoms with Crippen LogP contribution in [0, 0.1) is 10.1 Å². The highest BCUT2D eigenvalue weighted by Gasteiger charge is 2.36. The topological polar surface area (TPSA) is 107 Å². The van der Waals surface area contributed by atoms with E-state index in [-0.39, 0.29) is 10.6 Å². The molecule has 0 aromatic heterocycles. The molecule has 0 unspecified atom stereocenters. The van der Waals surface area contributed by atoms with Gasteiger partial charge in [0.1, 0.15) is 5.60 Å². The molecule has 1 atom stereocenters. The zero-order valence-electron chi connectivity index (χ0n) is 14.3. The van der Waals surface area contributed by atoms with E-state index in [1.165, 1.54) is 0 Å². The molecule has 0 heterocycles. The fourth-order valence-corrected chi connectivity index (χ4v) is 3.40. The zero-order chi connectivity index (χ0) is 18.7. The van der Waals surface area contributed by atoms with Crippen LogP contribution in [0.2, 0.25) is 0 Å². The van der Waals surface area contributed by atoms with Crippen LogP contribution in [-0.4, -0.2) is 35.4 Å². The van der Waals surface area contributed by atoms with E-state index in [2.05, 4.69) is 0 Å². The van der Waals surface area contributed by atoms with Gasteiger partial charge in [-0.05, 0) is 46.2 Å². The standard InChI is InChI=1S/C15H22N2O6S/c1-6-11(2)16(14(18)23-15(3,4)5)24(21,22)13-9-7-12(8-10-13)17(19)20/h7-11H,6H2,1-5H3/t11-/m1/s1. The molecule has 0 saturated carbocycles. The predicted octanol–water partition coefficient (Wildman–Crippen LogP) is 3.32. The molecule has 0 radical (unpaired) electrons. The molecular formula is C15H22N2O6S. The van der Waals surface area contributed by atoms with Gasteiger partial charge in [0.05, 0.1) is 9.82 Å². The number of nitrogens with zero attached hydrogens (tertiary/aromatic N) is 2. The Morgan fingerprint density at radius 2 is 1.79 bits per heavy atom. The first-order chi connectivity index (χ1) is 10.9. The summed E-state index contributed by atoms with van der Waals surface area (Å²) in [5, 5.41) is 10.7. The van der Waals surface area contributed by atoms with Gasteiger partial charge in [0.2, 0.25) is 0 Å². The number of carbonyl (C=O) groups is 1. The lowest BCUT2D eigenvalue weighted by Gasteiger charge is -2.30. The quantitative estimate of drug-likeness (QED) is 0.590. The molecule has 1 aromatic carbocycles.